The van der Waals surface area contributed by atoms with Gasteiger partial charge in [-0.2, -0.15) is 0 Å². The Labute approximate surface area is 40.2 Å². The summed E-state index contributed by atoms with van der Waals surface area (Å²) in [4.78, 5) is 0. The fraction of sp³-hybridized carbons (Fsp3) is 1.00. The lowest BCUT2D eigenvalue weighted by atomic mass is 10.8. The van der Waals surface area contributed by atoms with Gasteiger partial charge >= 0.3 is 0 Å². The molecule has 3 N–H and O–H groups in total. The zero-order valence-electron chi connectivity index (χ0n) is 3.94. The van der Waals surface area contributed by atoms with E-state index in [1.165, 1.54) is 0 Å². The van der Waals surface area contributed by atoms with E-state index >= 15 is 0 Å². The molecule has 0 aliphatic heterocycles. The highest BCUT2D eigenvalue weighted by Crippen LogP contribution is 1.64. The largest absolute Gasteiger partial charge is 0.357 e. The van der Waals surface area contributed by atoms with E-state index in [2.05, 4.69) is 5.73 Å². The highest BCUT2D eigenvalue weighted by Gasteiger charge is 1.83. The lowest BCUT2D eigenvalue weighted by molar-refractivity contribution is -0.360. The first kappa shape index (κ1) is 6.11. The second-order valence-corrected chi connectivity index (χ2v) is 2.69. The average molecular weight is 108 g/mol. The summed E-state index contributed by atoms with van der Waals surface area (Å²) in [6.45, 7) is 0.781. The van der Waals surface area contributed by atoms with Crippen molar-refractivity contribution < 1.29 is 9.94 Å². The van der Waals surface area contributed by atoms with Crippen LogP contribution in [-0.2, 0) is 10.8 Å². The molecule has 1 unspecified atom stereocenters. The van der Waals surface area contributed by atoms with Gasteiger partial charge in [0.2, 0.25) is 0 Å². The molecule has 0 radical (unpaired) electrons. The first-order valence-corrected chi connectivity index (χ1v) is 3.59. The van der Waals surface area contributed by atoms with Crippen LogP contribution in [0.5, 0.6) is 0 Å². The van der Waals surface area contributed by atoms with E-state index in [1.807, 2.05) is 0 Å². The highest BCUT2D eigenvalue weighted by molar-refractivity contribution is 7.84. The van der Waals surface area contributed by atoms with Gasteiger partial charge in [0.15, 0.2) is 0 Å². The number of rotatable bonds is 2. The lowest BCUT2D eigenvalue weighted by Crippen LogP contribution is -2.52. The molecule has 1 atom stereocenters. The van der Waals surface area contributed by atoms with Crippen LogP contribution in [-0.4, -0.2) is 22.8 Å². The Morgan fingerprint density at radius 2 is 2.33 bits per heavy atom. The third kappa shape index (κ3) is 4.11. The molecule has 3 heteroatoms. The van der Waals surface area contributed by atoms with E-state index in [0.717, 1.165) is 12.3 Å². The summed E-state index contributed by atoms with van der Waals surface area (Å²) in [6.07, 6.45) is 1.69. The summed E-state index contributed by atoms with van der Waals surface area (Å²) in [5.74, 6) is 0.736. The van der Waals surface area contributed by atoms with Crippen LogP contribution >= 0.6 is 0 Å². The normalized spacial score (nSPS) is 14.3. The van der Waals surface area contributed by atoms with Gasteiger partial charge in [-0.25, -0.2) is 0 Å². The van der Waals surface area contributed by atoms with Gasteiger partial charge in [-0.15, -0.1) is 0 Å². The van der Waals surface area contributed by atoms with Crippen LogP contribution in [0.15, 0.2) is 0 Å². The SMILES string of the molecule is CS(=O)CC[NH3+]. The molecule has 0 aromatic carbocycles. The van der Waals surface area contributed by atoms with Gasteiger partial charge in [0.05, 0.1) is 12.3 Å². The van der Waals surface area contributed by atoms with Crippen LogP contribution in [0.25, 0.3) is 0 Å². The summed E-state index contributed by atoms with van der Waals surface area (Å²) in [5.41, 5.74) is 3.53. The molecule has 0 fully saturated rings. The molecule has 2 nitrogen and oxygen atoms in total. The number of hydrogen-bond donors (Lipinski definition) is 1. The maximum Gasteiger partial charge on any atom is 0.0856 e. The van der Waals surface area contributed by atoms with Crippen molar-refractivity contribution in [3.63, 3.8) is 0 Å². The number of hydrogen-bond acceptors (Lipinski definition) is 1. The quantitative estimate of drug-likeness (QED) is 0.465. The highest BCUT2D eigenvalue weighted by atomic mass is 32.2. The molecule has 0 amide bonds. The van der Waals surface area contributed by atoms with Crippen molar-refractivity contribution in [3.05, 3.63) is 0 Å². The molecule has 0 aliphatic rings. The fourth-order valence-corrected chi connectivity index (χ4v) is 0.610. The van der Waals surface area contributed by atoms with Crippen LogP contribution in [0.2, 0.25) is 0 Å². The maximum atomic E-state index is 10.1. The monoisotopic (exact) mass is 108 g/mol. The minimum atomic E-state index is -0.628. The predicted octanol–water partition coefficient (Wildman–Crippen LogP) is -1.39. The topological polar surface area (TPSA) is 44.7 Å². The first-order valence-electron chi connectivity index (χ1n) is 1.86. The van der Waals surface area contributed by atoms with Crippen molar-refractivity contribution in [1.82, 2.24) is 0 Å². The molecule has 0 heterocycles. The van der Waals surface area contributed by atoms with Crippen molar-refractivity contribution >= 4 is 10.8 Å². The second-order valence-electron chi connectivity index (χ2n) is 1.13. The maximum absolute atomic E-state index is 10.1. The lowest BCUT2D eigenvalue weighted by Gasteiger charge is -1.80. The van der Waals surface area contributed by atoms with E-state index in [1.54, 1.807) is 6.26 Å². The summed E-state index contributed by atoms with van der Waals surface area (Å²) in [6, 6.07) is 0. The molecular formula is C3H10NOS+. The molecular weight excluding hydrogens is 98.1 g/mol. The van der Waals surface area contributed by atoms with Crippen LogP contribution in [0, 0.1) is 0 Å². The standard InChI is InChI=1S/C3H9NOS/c1-6(5)3-2-4/h2-4H2,1H3/p+1. The van der Waals surface area contributed by atoms with Gasteiger partial charge in [0.1, 0.15) is 0 Å². The molecule has 0 rings (SSSR count). The first-order chi connectivity index (χ1) is 2.77. The summed E-state index contributed by atoms with van der Waals surface area (Å²) >= 11 is 0. The van der Waals surface area contributed by atoms with E-state index in [0.29, 0.717) is 0 Å². The van der Waals surface area contributed by atoms with Crippen molar-refractivity contribution in [2.75, 3.05) is 18.6 Å². The molecule has 6 heavy (non-hydrogen) atoms. The minimum absolute atomic E-state index is 0.628. The molecule has 0 aromatic heterocycles. The van der Waals surface area contributed by atoms with Crippen molar-refractivity contribution in [3.8, 4) is 0 Å². The van der Waals surface area contributed by atoms with Crippen molar-refractivity contribution in [1.29, 1.82) is 0 Å². The molecule has 38 valence electrons. The van der Waals surface area contributed by atoms with E-state index in [9.17, 15) is 4.21 Å². The van der Waals surface area contributed by atoms with E-state index in [4.69, 9.17) is 0 Å². The van der Waals surface area contributed by atoms with Gasteiger partial charge in [-0.3, -0.25) is 4.21 Å². The Morgan fingerprint density at radius 1 is 1.83 bits per heavy atom. The Hall–Kier alpha value is 0.110. The van der Waals surface area contributed by atoms with Crippen LogP contribution in [0.1, 0.15) is 0 Å². The van der Waals surface area contributed by atoms with Crippen LogP contribution in [0.4, 0.5) is 0 Å². The zero-order valence-corrected chi connectivity index (χ0v) is 4.75. The Balaban J connectivity index is 2.83. The second kappa shape index (κ2) is 3.31. The van der Waals surface area contributed by atoms with Gasteiger partial charge in [0, 0.05) is 17.1 Å². The summed E-state index contributed by atoms with van der Waals surface area (Å²) < 4.78 is 10.1. The molecule has 0 saturated heterocycles. The molecule has 0 aromatic rings. The smallest absolute Gasteiger partial charge is 0.0856 e. The Kier molecular flexibility index (Phi) is 3.37. The van der Waals surface area contributed by atoms with E-state index in [-0.39, 0.29) is 0 Å². The zero-order chi connectivity index (χ0) is 4.99. The summed E-state index contributed by atoms with van der Waals surface area (Å²) in [5, 5.41) is 0. The van der Waals surface area contributed by atoms with Crippen molar-refractivity contribution in [2.24, 2.45) is 0 Å². The van der Waals surface area contributed by atoms with E-state index < -0.39 is 10.8 Å². The Bertz CT molecular complexity index is 54.8. The summed E-state index contributed by atoms with van der Waals surface area (Å²) in [7, 11) is -0.628. The molecule has 0 spiro atoms. The van der Waals surface area contributed by atoms with Gasteiger partial charge < -0.3 is 5.73 Å². The van der Waals surface area contributed by atoms with Crippen LogP contribution < -0.4 is 5.73 Å². The predicted molar refractivity (Wildman–Crippen MR) is 26.7 cm³/mol. The van der Waals surface area contributed by atoms with Crippen molar-refractivity contribution in [2.45, 2.75) is 0 Å². The van der Waals surface area contributed by atoms with Gasteiger partial charge in [-0.05, 0) is 0 Å². The third-order valence-corrected chi connectivity index (χ3v) is 1.30. The molecule has 0 aliphatic carbocycles. The van der Waals surface area contributed by atoms with Crippen LogP contribution in [0.3, 0.4) is 0 Å². The molecule has 0 bridgehead atoms. The minimum Gasteiger partial charge on any atom is -0.357 e. The third-order valence-electron chi connectivity index (χ3n) is 0.432. The molecule has 0 saturated carbocycles. The number of quaternary nitrogens is 1. The Morgan fingerprint density at radius 3 is 2.33 bits per heavy atom. The fourth-order valence-electron chi connectivity index (χ4n) is 0.203. The van der Waals surface area contributed by atoms with Gasteiger partial charge in [0.25, 0.3) is 0 Å². The average Bonchev–Trinajstić information content (AvgIpc) is 1.35. The van der Waals surface area contributed by atoms with Gasteiger partial charge in [-0.1, -0.05) is 0 Å².